The molecule has 0 aliphatic carbocycles. The summed E-state index contributed by atoms with van der Waals surface area (Å²) in [6, 6.07) is 0. The predicted molar refractivity (Wildman–Crippen MR) is 24.9 cm³/mol. The molecular formula is C3H10N3+. The minimum absolute atomic E-state index is 0.289. The minimum Gasteiger partial charge on any atom is -0.291 e. The Kier molecular flexibility index (Phi) is 2.20. The van der Waals surface area contributed by atoms with Gasteiger partial charge in [0.05, 0.1) is 6.54 Å². The van der Waals surface area contributed by atoms with Gasteiger partial charge in [0.15, 0.2) is 0 Å². The van der Waals surface area contributed by atoms with E-state index in [4.69, 9.17) is 11.5 Å². The first kappa shape index (κ1) is 5.27. The van der Waals surface area contributed by atoms with Crippen LogP contribution in [0.3, 0.4) is 0 Å². The lowest BCUT2D eigenvalue weighted by atomic mass is 10.8. The van der Waals surface area contributed by atoms with E-state index in [1.165, 1.54) is 0 Å². The molecule has 0 atom stereocenters. The van der Waals surface area contributed by atoms with Crippen LogP contribution in [-0.4, -0.2) is 12.5 Å². The highest BCUT2D eigenvalue weighted by atomic mass is 15.0. The maximum absolute atomic E-state index is 4.99. The van der Waals surface area contributed by atoms with E-state index in [0.29, 0.717) is 0 Å². The molecule has 0 aromatic carbocycles. The van der Waals surface area contributed by atoms with Gasteiger partial charge < -0.3 is 0 Å². The van der Waals surface area contributed by atoms with Gasteiger partial charge >= 0.3 is 5.96 Å². The Morgan fingerprint density at radius 2 is 2.17 bits per heavy atom. The van der Waals surface area contributed by atoms with E-state index in [1.54, 1.807) is 0 Å². The fraction of sp³-hybridized carbons (Fsp3) is 0.667. The first-order valence-corrected chi connectivity index (χ1v) is 1.89. The molecule has 0 amide bonds. The summed E-state index contributed by atoms with van der Waals surface area (Å²) < 4.78 is 0. The van der Waals surface area contributed by atoms with Gasteiger partial charge in [0.2, 0.25) is 0 Å². The van der Waals surface area contributed by atoms with Gasteiger partial charge in [-0.05, 0) is 6.92 Å². The molecule has 6 heavy (non-hydrogen) atoms. The molecule has 0 saturated heterocycles. The van der Waals surface area contributed by atoms with Crippen LogP contribution in [0.5, 0.6) is 0 Å². The Labute approximate surface area is 37.0 Å². The lowest BCUT2D eigenvalue weighted by Gasteiger charge is -1.76. The van der Waals surface area contributed by atoms with Crippen molar-refractivity contribution in [3.05, 3.63) is 0 Å². The van der Waals surface area contributed by atoms with Gasteiger partial charge in [-0.2, -0.15) is 0 Å². The number of hydrogen-bond donors (Lipinski definition) is 3. The van der Waals surface area contributed by atoms with Crippen LogP contribution in [0.15, 0.2) is 0 Å². The fourth-order valence-corrected chi connectivity index (χ4v) is 0.204. The second-order valence-corrected chi connectivity index (χ2v) is 0.986. The van der Waals surface area contributed by atoms with Gasteiger partial charge in [-0.1, -0.05) is 0 Å². The van der Waals surface area contributed by atoms with Crippen molar-refractivity contribution in [2.45, 2.75) is 6.92 Å². The van der Waals surface area contributed by atoms with Crippen molar-refractivity contribution in [3.63, 3.8) is 0 Å². The summed E-state index contributed by atoms with van der Waals surface area (Å²) in [4.78, 5) is 2.68. The highest BCUT2D eigenvalue weighted by molar-refractivity contribution is 5.69. The zero-order chi connectivity index (χ0) is 4.99. The molecule has 0 radical (unpaired) electrons. The number of nitrogens with one attached hydrogen (secondary N) is 1. The molecule has 36 valence electrons. The van der Waals surface area contributed by atoms with Crippen LogP contribution in [0.1, 0.15) is 6.92 Å². The molecule has 0 aromatic heterocycles. The van der Waals surface area contributed by atoms with Gasteiger partial charge in [-0.25, -0.2) is 0 Å². The summed E-state index contributed by atoms with van der Waals surface area (Å²) >= 11 is 0. The number of nitrogens with two attached hydrogens (primary N) is 2. The van der Waals surface area contributed by atoms with Crippen molar-refractivity contribution < 1.29 is 4.99 Å². The van der Waals surface area contributed by atoms with Crippen LogP contribution < -0.4 is 16.5 Å². The van der Waals surface area contributed by atoms with E-state index >= 15 is 0 Å². The maximum Gasteiger partial charge on any atom is 0.338 e. The summed E-state index contributed by atoms with van der Waals surface area (Å²) in [7, 11) is 0. The molecule has 0 fully saturated rings. The number of guanidine groups is 1. The molecule has 3 nitrogen and oxygen atoms in total. The Morgan fingerprint density at radius 1 is 1.67 bits per heavy atom. The molecule has 0 aliphatic rings. The second kappa shape index (κ2) is 2.50. The lowest BCUT2D eigenvalue weighted by molar-refractivity contribution is -0.454. The van der Waals surface area contributed by atoms with Crippen LogP contribution in [0.25, 0.3) is 0 Å². The quantitative estimate of drug-likeness (QED) is 0.242. The molecule has 0 heterocycles. The molecule has 5 N–H and O–H groups in total. The van der Waals surface area contributed by atoms with Crippen molar-refractivity contribution >= 4 is 5.96 Å². The van der Waals surface area contributed by atoms with Crippen molar-refractivity contribution in [2.24, 2.45) is 11.5 Å². The Hall–Kier alpha value is -0.730. The first-order chi connectivity index (χ1) is 2.77. The van der Waals surface area contributed by atoms with Crippen molar-refractivity contribution in [2.75, 3.05) is 6.54 Å². The highest BCUT2D eigenvalue weighted by Gasteiger charge is 1.75. The standard InChI is InChI=1S/C3H9N3/c1-2-6-3(4)5/h2H2,1H3,(H4,4,5,6)/p+1. The number of hydrogen-bond acceptors (Lipinski definition) is 0. The molecule has 0 aromatic rings. The van der Waals surface area contributed by atoms with Crippen molar-refractivity contribution in [3.8, 4) is 0 Å². The van der Waals surface area contributed by atoms with Crippen LogP contribution in [-0.2, 0) is 0 Å². The molecule has 0 aliphatic heterocycles. The topological polar surface area (TPSA) is 66.0 Å². The van der Waals surface area contributed by atoms with E-state index in [2.05, 4.69) is 4.99 Å². The summed E-state index contributed by atoms with van der Waals surface area (Å²) in [6.45, 7) is 2.72. The third-order valence-corrected chi connectivity index (χ3v) is 0.381. The molecule has 0 unspecified atom stereocenters. The summed E-state index contributed by atoms with van der Waals surface area (Å²) in [5.41, 5.74) is 9.97. The minimum atomic E-state index is 0.289. The van der Waals surface area contributed by atoms with Crippen LogP contribution in [0.2, 0.25) is 0 Å². The summed E-state index contributed by atoms with van der Waals surface area (Å²) in [5, 5.41) is 0. The fourth-order valence-electron chi connectivity index (χ4n) is 0.204. The van der Waals surface area contributed by atoms with Gasteiger partial charge in [0.25, 0.3) is 0 Å². The normalized spacial score (nSPS) is 7.50. The van der Waals surface area contributed by atoms with Gasteiger partial charge in [0, 0.05) is 0 Å². The third-order valence-electron chi connectivity index (χ3n) is 0.381. The van der Waals surface area contributed by atoms with Crippen molar-refractivity contribution in [1.29, 1.82) is 0 Å². The van der Waals surface area contributed by atoms with Gasteiger partial charge in [-0.15, -0.1) is 0 Å². The predicted octanol–water partition coefficient (Wildman–Crippen LogP) is -2.64. The third kappa shape index (κ3) is 3.27. The molecule has 3 heteroatoms. The molecule has 0 bridgehead atoms. The SMILES string of the molecule is CC[NH+]=C(N)N. The van der Waals surface area contributed by atoms with Crippen LogP contribution in [0, 0.1) is 0 Å². The molecular weight excluding hydrogens is 78.1 g/mol. The summed E-state index contributed by atoms with van der Waals surface area (Å²) in [5.74, 6) is 0.289. The second-order valence-electron chi connectivity index (χ2n) is 0.986. The Balaban J connectivity index is 3.14. The summed E-state index contributed by atoms with van der Waals surface area (Å²) in [6.07, 6.45) is 0. The van der Waals surface area contributed by atoms with Gasteiger partial charge in [-0.3, -0.25) is 16.5 Å². The lowest BCUT2D eigenvalue weighted by Crippen LogP contribution is -2.77. The highest BCUT2D eigenvalue weighted by Crippen LogP contribution is 1.19. The zero-order valence-corrected chi connectivity index (χ0v) is 3.86. The van der Waals surface area contributed by atoms with Gasteiger partial charge in [0.1, 0.15) is 0 Å². The molecule has 0 saturated carbocycles. The molecule has 0 rings (SSSR count). The van der Waals surface area contributed by atoms with E-state index < -0.39 is 0 Å². The maximum atomic E-state index is 4.99. The van der Waals surface area contributed by atoms with E-state index in [1.807, 2.05) is 6.92 Å². The average molecular weight is 88.1 g/mol. The zero-order valence-electron chi connectivity index (χ0n) is 3.86. The Morgan fingerprint density at radius 3 is 2.17 bits per heavy atom. The first-order valence-electron chi connectivity index (χ1n) is 1.89. The smallest absolute Gasteiger partial charge is 0.291 e. The van der Waals surface area contributed by atoms with Crippen molar-refractivity contribution in [1.82, 2.24) is 0 Å². The van der Waals surface area contributed by atoms with E-state index in [9.17, 15) is 0 Å². The number of rotatable bonds is 1. The van der Waals surface area contributed by atoms with Crippen LogP contribution in [0.4, 0.5) is 0 Å². The average Bonchev–Trinajstić information content (AvgIpc) is 1.35. The molecule has 0 spiro atoms. The van der Waals surface area contributed by atoms with E-state index in [-0.39, 0.29) is 5.96 Å². The van der Waals surface area contributed by atoms with E-state index in [0.717, 1.165) is 6.54 Å². The monoisotopic (exact) mass is 88.1 g/mol. The largest absolute Gasteiger partial charge is 0.338 e. The van der Waals surface area contributed by atoms with Crippen LogP contribution >= 0.6 is 0 Å². The Bertz CT molecular complexity index is 53.1.